The molecule has 0 unspecified atom stereocenters. The van der Waals surface area contributed by atoms with Crippen LogP contribution < -0.4 is 0 Å². The lowest BCUT2D eigenvalue weighted by molar-refractivity contribution is 1.77. The second-order valence-corrected chi connectivity index (χ2v) is 16.3. The highest BCUT2D eigenvalue weighted by molar-refractivity contribution is 7.47. The van der Waals surface area contributed by atoms with E-state index in [1.54, 1.807) is 0 Å². The van der Waals surface area contributed by atoms with Crippen molar-refractivity contribution in [2.24, 2.45) is 0 Å². The van der Waals surface area contributed by atoms with Gasteiger partial charge in [-0.3, -0.25) is 0 Å². The standard InChI is InChI=1S/C6H14Cl2Si2/c1-9(2,3)5-6-10(4,7)8/h5-6H,1-4H3. The molecule has 0 amide bonds. The summed E-state index contributed by atoms with van der Waals surface area (Å²) in [6.45, 7) is 6.73. The molecule has 0 heterocycles. The van der Waals surface area contributed by atoms with E-state index in [-0.39, 0.29) is 0 Å². The van der Waals surface area contributed by atoms with Crippen LogP contribution in [0, 0.1) is 0 Å². The van der Waals surface area contributed by atoms with E-state index in [9.17, 15) is 0 Å². The van der Waals surface area contributed by atoms with E-state index >= 15 is 0 Å². The Hall–Kier alpha value is 0.754. The fourth-order valence-electron chi connectivity index (χ4n) is 0.396. The second kappa shape index (κ2) is 3.43. The molecule has 0 bridgehead atoms. The zero-order valence-corrected chi connectivity index (χ0v) is 10.4. The van der Waals surface area contributed by atoms with Gasteiger partial charge in [-0.2, -0.15) is 0 Å². The molecule has 0 aromatic heterocycles. The van der Waals surface area contributed by atoms with Crippen LogP contribution in [0.25, 0.3) is 0 Å². The van der Waals surface area contributed by atoms with Crippen LogP contribution in [-0.4, -0.2) is 14.8 Å². The molecule has 0 saturated heterocycles. The fourth-order valence-corrected chi connectivity index (χ4v) is 4.70. The van der Waals surface area contributed by atoms with Gasteiger partial charge in [0.15, 0.2) is 0 Å². The van der Waals surface area contributed by atoms with Gasteiger partial charge >= 0.3 is 0 Å². The Balaban J connectivity index is 4.01. The largest absolute Gasteiger partial charge is 0.270 e. The summed E-state index contributed by atoms with van der Waals surface area (Å²) < 4.78 is 0. The van der Waals surface area contributed by atoms with Crippen LogP contribution in [0.15, 0.2) is 11.4 Å². The summed E-state index contributed by atoms with van der Waals surface area (Å²) in [6, 6.07) is 0. The van der Waals surface area contributed by atoms with Gasteiger partial charge < -0.3 is 0 Å². The average Bonchev–Trinajstić information content (AvgIpc) is 1.57. The molecule has 4 heteroatoms. The zero-order valence-electron chi connectivity index (χ0n) is 6.91. The molecule has 0 atom stereocenters. The summed E-state index contributed by atoms with van der Waals surface area (Å²) >= 11 is 11.8. The van der Waals surface area contributed by atoms with Crippen molar-refractivity contribution < 1.29 is 0 Å². The van der Waals surface area contributed by atoms with Crippen molar-refractivity contribution in [2.45, 2.75) is 26.2 Å². The van der Waals surface area contributed by atoms with Crippen LogP contribution in [0.2, 0.25) is 26.2 Å². The summed E-state index contributed by atoms with van der Waals surface area (Å²) in [4.78, 5) is 0. The lowest BCUT2D eigenvalue weighted by atomic mass is 11.2. The maximum absolute atomic E-state index is 5.88. The highest BCUT2D eigenvalue weighted by atomic mass is 35.7. The Morgan fingerprint density at radius 1 is 0.900 bits per heavy atom. The monoisotopic (exact) mass is 212 g/mol. The van der Waals surface area contributed by atoms with Crippen molar-refractivity contribution in [2.75, 3.05) is 0 Å². The van der Waals surface area contributed by atoms with Gasteiger partial charge in [-0.25, -0.2) is 0 Å². The molecular weight excluding hydrogens is 199 g/mol. The van der Waals surface area contributed by atoms with E-state index in [0.29, 0.717) is 0 Å². The van der Waals surface area contributed by atoms with Gasteiger partial charge in [0.1, 0.15) is 0 Å². The number of hydrogen-bond acceptors (Lipinski definition) is 0. The molecule has 0 aromatic rings. The minimum atomic E-state index is -1.97. The Morgan fingerprint density at radius 3 is 1.40 bits per heavy atom. The van der Waals surface area contributed by atoms with Crippen LogP contribution in [0.5, 0.6) is 0 Å². The third kappa shape index (κ3) is 8.75. The van der Waals surface area contributed by atoms with Crippen LogP contribution in [0.1, 0.15) is 0 Å². The maximum Gasteiger partial charge on any atom is 0.270 e. The molecule has 0 nitrogen and oxygen atoms in total. The lowest BCUT2D eigenvalue weighted by Crippen LogP contribution is -2.19. The predicted octanol–water partition coefficient (Wildman–Crippen LogP) is 3.51. The highest BCUT2D eigenvalue weighted by Crippen LogP contribution is 2.16. The fraction of sp³-hybridized carbons (Fsp3) is 0.667. The first kappa shape index (κ1) is 10.8. The Morgan fingerprint density at radius 2 is 1.30 bits per heavy atom. The van der Waals surface area contributed by atoms with E-state index in [2.05, 4.69) is 25.3 Å². The molecule has 0 N–H and O–H groups in total. The molecule has 0 aliphatic rings. The normalized spacial score (nSPS) is 14.6. The maximum atomic E-state index is 5.88. The topological polar surface area (TPSA) is 0 Å². The zero-order chi connectivity index (χ0) is 8.41. The van der Waals surface area contributed by atoms with Gasteiger partial charge in [0.05, 0.1) is 8.07 Å². The summed E-state index contributed by atoms with van der Waals surface area (Å²) in [5.74, 6) is 0. The van der Waals surface area contributed by atoms with Gasteiger partial charge in [0.2, 0.25) is 0 Å². The number of rotatable bonds is 2. The predicted molar refractivity (Wildman–Crippen MR) is 55.8 cm³/mol. The van der Waals surface area contributed by atoms with Crippen molar-refractivity contribution >= 4 is 36.9 Å². The van der Waals surface area contributed by atoms with E-state index in [1.807, 2.05) is 12.2 Å². The van der Waals surface area contributed by atoms with Gasteiger partial charge in [0, 0.05) is 0 Å². The first-order chi connectivity index (χ1) is 4.21. The Kier molecular flexibility index (Phi) is 3.69. The molecule has 0 saturated carbocycles. The molecule has 0 rings (SSSR count). The Labute approximate surface area is 74.7 Å². The molecule has 0 aliphatic heterocycles. The van der Waals surface area contributed by atoms with Crippen LogP contribution in [-0.2, 0) is 0 Å². The first-order valence-electron chi connectivity index (χ1n) is 3.29. The van der Waals surface area contributed by atoms with Crippen molar-refractivity contribution in [3.05, 3.63) is 11.4 Å². The van der Waals surface area contributed by atoms with Gasteiger partial charge in [-0.15, -0.1) is 27.9 Å². The minimum Gasteiger partial charge on any atom is -0.141 e. The summed E-state index contributed by atoms with van der Waals surface area (Å²) in [5, 5.41) is 0. The van der Waals surface area contributed by atoms with Crippen molar-refractivity contribution in [3.8, 4) is 0 Å². The second-order valence-electron chi connectivity index (χ2n) is 3.66. The lowest BCUT2D eigenvalue weighted by Gasteiger charge is -2.10. The molecule has 10 heavy (non-hydrogen) atoms. The van der Waals surface area contributed by atoms with Crippen LogP contribution in [0.4, 0.5) is 0 Å². The number of hydrogen-bond donors (Lipinski definition) is 0. The van der Waals surface area contributed by atoms with Crippen LogP contribution in [0.3, 0.4) is 0 Å². The molecule has 0 spiro atoms. The van der Waals surface area contributed by atoms with Crippen molar-refractivity contribution in [1.29, 1.82) is 0 Å². The van der Waals surface area contributed by atoms with Crippen molar-refractivity contribution in [3.63, 3.8) is 0 Å². The van der Waals surface area contributed by atoms with E-state index in [4.69, 9.17) is 22.2 Å². The minimum absolute atomic E-state index is 1.08. The number of halogens is 2. The van der Waals surface area contributed by atoms with E-state index in [0.717, 1.165) is 0 Å². The molecule has 0 radical (unpaired) electrons. The summed E-state index contributed by atoms with van der Waals surface area (Å²) in [6.07, 6.45) is 0. The van der Waals surface area contributed by atoms with Gasteiger partial charge in [0.25, 0.3) is 6.69 Å². The first-order valence-corrected chi connectivity index (χ1v) is 11.5. The third-order valence-corrected chi connectivity index (χ3v) is 3.88. The molecule has 0 fully saturated rings. The molecule has 0 aromatic carbocycles. The van der Waals surface area contributed by atoms with Gasteiger partial charge in [-0.05, 0) is 6.55 Å². The Bertz CT molecular complexity index is 114. The molecular formula is C6H14Cl2Si2. The molecule has 60 valence electrons. The third-order valence-electron chi connectivity index (χ3n) is 0.876. The smallest absolute Gasteiger partial charge is 0.141 e. The summed E-state index contributed by atoms with van der Waals surface area (Å²) in [7, 11) is -1.08. The van der Waals surface area contributed by atoms with Crippen molar-refractivity contribution in [1.82, 2.24) is 0 Å². The van der Waals surface area contributed by atoms with Gasteiger partial charge in [-0.1, -0.05) is 25.3 Å². The SMILES string of the molecule is C[Si](C)(C)C=C[Si](C)(Cl)Cl. The average molecular weight is 213 g/mol. The highest BCUT2D eigenvalue weighted by Gasteiger charge is 2.17. The summed E-state index contributed by atoms with van der Waals surface area (Å²) in [5.41, 5.74) is 4.21. The molecule has 0 aliphatic carbocycles. The van der Waals surface area contributed by atoms with Crippen LogP contribution >= 0.6 is 22.2 Å². The van der Waals surface area contributed by atoms with E-state index < -0.39 is 14.8 Å². The van der Waals surface area contributed by atoms with E-state index in [1.165, 1.54) is 0 Å². The quantitative estimate of drug-likeness (QED) is 0.486.